The number of rotatable bonds is 5. The minimum Gasteiger partial charge on any atom is -0.379 e. The Balaban J connectivity index is 1.89. The first-order valence-corrected chi connectivity index (χ1v) is 8.23. The van der Waals surface area contributed by atoms with E-state index in [0.29, 0.717) is 0 Å². The summed E-state index contributed by atoms with van der Waals surface area (Å²) in [5.41, 5.74) is 1.99. The summed E-state index contributed by atoms with van der Waals surface area (Å²) >= 11 is 0. The first kappa shape index (κ1) is 15.9. The number of carbonyl (C=O) groups excluding carboxylic acids is 1. The third-order valence-electron chi connectivity index (χ3n) is 4.53. The molecule has 120 valence electrons. The summed E-state index contributed by atoms with van der Waals surface area (Å²) in [4.78, 5) is 15.3. The molecule has 0 N–H and O–H groups in total. The Hall–Kier alpha value is -1.97. The van der Waals surface area contributed by atoms with Gasteiger partial charge < -0.3 is 4.74 Å². The number of Topliss-reactive ketones (excluding diaryl/α,β-unsaturated/α-hetero) is 1. The van der Waals surface area contributed by atoms with Gasteiger partial charge in [-0.1, -0.05) is 67.6 Å². The smallest absolute Gasteiger partial charge is 0.167 e. The van der Waals surface area contributed by atoms with Crippen LogP contribution in [0.2, 0.25) is 0 Å². The standard InChI is InChI=1S/C20H23NO2/c1-16(20(22)18-10-6-3-7-11-18)19(17-8-4-2-5-9-17)21-12-14-23-15-13-21/h2-11,16,19H,12-15H2,1H3/t16-,19-/m1/s1. The topological polar surface area (TPSA) is 29.5 Å². The van der Waals surface area contributed by atoms with Gasteiger partial charge in [-0.2, -0.15) is 0 Å². The molecular formula is C20H23NO2. The van der Waals surface area contributed by atoms with Crippen LogP contribution in [-0.4, -0.2) is 37.0 Å². The minimum absolute atomic E-state index is 0.0906. The molecule has 0 spiro atoms. The van der Waals surface area contributed by atoms with Gasteiger partial charge in [0, 0.05) is 30.6 Å². The second-order valence-corrected chi connectivity index (χ2v) is 6.02. The number of hydrogen-bond acceptors (Lipinski definition) is 3. The Bertz CT molecular complexity index is 621. The van der Waals surface area contributed by atoms with Gasteiger partial charge >= 0.3 is 0 Å². The SMILES string of the molecule is C[C@@H](C(=O)c1ccccc1)[C@H](c1ccccc1)N1CCOCC1. The van der Waals surface area contributed by atoms with Gasteiger partial charge in [-0.3, -0.25) is 9.69 Å². The maximum absolute atomic E-state index is 12.9. The third kappa shape index (κ3) is 3.69. The lowest BCUT2D eigenvalue weighted by Gasteiger charge is -2.37. The predicted molar refractivity (Wildman–Crippen MR) is 91.5 cm³/mol. The van der Waals surface area contributed by atoms with Crippen LogP contribution < -0.4 is 0 Å². The van der Waals surface area contributed by atoms with E-state index < -0.39 is 0 Å². The molecule has 0 amide bonds. The van der Waals surface area contributed by atoms with Gasteiger partial charge in [0.1, 0.15) is 0 Å². The molecule has 1 heterocycles. The van der Waals surface area contributed by atoms with Crippen molar-refractivity contribution < 1.29 is 9.53 Å². The van der Waals surface area contributed by atoms with E-state index in [0.717, 1.165) is 31.9 Å². The molecule has 1 fully saturated rings. The predicted octanol–water partition coefficient (Wildman–Crippen LogP) is 3.58. The molecule has 2 atom stereocenters. The zero-order chi connectivity index (χ0) is 16.1. The zero-order valence-corrected chi connectivity index (χ0v) is 13.5. The quantitative estimate of drug-likeness (QED) is 0.791. The van der Waals surface area contributed by atoms with Crippen molar-refractivity contribution in [3.63, 3.8) is 0 Å². The highest BCUT2D eigenvalue weighted by molar-refractivity contribution is 5.98. The molecule has 0 radical (unpaired) electrons. The molecule has 23 heavy (non-hydrogen) atoms. The Morgan fingerprint density at radius 3 is 2.13 bits per heavy atom. The first-order chi connectivity index (χ1) is 11.3. The van der Waals surface area contributed by atoms with Crippen LogP contribution in [-0.2, 0) is 4.74 Å². The van der Waals surface area contributed by atoms with Crippen molar-refractivity contribution in [2.75, 3.05) is 26.3 Å². The van der Waals surface area contributed by atoms with Crippen molar-refractivity contribution in [2.24, 2.45) is 5.92 Å². The normalized spacial score (nSPS) is 18.3. The van der Waals surface area contributed by atoms with Crippen LogP contribution in [0, 0.1) is 5.92 Å². The van der Waals surface area contributed by atoms with E-state index in [-0.39, 0.29) is 17.7 Å². The van der Waals surface area contributed by atoms with E-state index in [1.54, 1.807) is 0 Å². The van der Waals surface area contributed by atoms with Crippen molar-refractivity contribution in [2.45, 2.75) is 13.0 Å². The number of morpholine rings is 1. The van der Waals surface area contributed by atoms with Gasteiger partial charge in [-0.05, 0) is 5.56 Å². The van der Waals surface area contributed by atoms with Gasteiger partial charge in [0.2, 0.25) is 0 Å². The van der Waals surface area contributed by atoms with Crippen LogP contribution in [0.15, 0.2) is 60.7 Å². The largest absolute Gasteiger partial charge is 0.379 e. The first-order valence-electron chi connectivity index (χ1n) is 8.23. The van der Waals surface area contributed by atoms with Gasteiger partial charge in [-0.15, -0.1) is 0 Å². The molecule has 3 heteroatoms. The molecule has 3 rings (SSSR count). The number of ether oxygens (including phenoxy) is 1. The molecule has 0 unspecified atom stereocenters. The van der Waals surface area contributed by atoms with E-state index in [4.69, 9.17) is 4.74 Å². The van der Waals surface area contributed by atoms with Gasteiger partial charge in [0.05, 0.1) is 13.2 Å². The van der Waals surface area contributed by atoms with Crippen LogP contribution >= 0.6 is 0 Å². The summed E-state index contributed by atoms with van der Waals surface area (Å²) in [5, 5.41) is 0. The fraction of sp³-hybridized carbons (Fsp3) is 0.350. The summed E-state index contributed by atoms with van der Waals surface area (Å²) in [6.07, 6.45) is 0. The lowest BCUT2D eigenvalue weighted by Crippen LogP contribution is -2.43. The minimum atomic E-state index is -0.0992. The van der Waals surface area contributed by atoms with Gasteiger partial charge in [0.15, 0.2) is 5.78 Å². The molecule has 0 bridgehead atoms. The van der Waals surface area contributed by atoms with Crippen molar-refractivity contribution in [3.8, 4) is 0 Å². The molecule has 0 aliphatic carbocycles. The lowest BCUT2D eigenvalue weighted by molar-refractivity contribution is 0.00491. The van der Waals surface area contributed by atoms with Crippen molar-refractivity contribution in [3.05, 3.63) is 71.8 Å². The molecule has 1 aliphatic rings. The molecule has 1 aliphatic heterocycles. The van der Waals surface area contributed by atoms with Crippen molar-refractivity contribution in [1.29, 1.82) is 0 Å². The zero-order valence-electron chi connectivity index (χ0n) is 13.5. The number of ketones is 1. The van der Waals surface area contributed by atoms with Crippen LogP contribution in [0.3, 0.4) is 0 Å². The highest BCUT2D eigenvalue weighted by Crippen LogP contribution is 2.31. The summed E-state index contributed by atoms with van der Waals surface area (Å²) in [7, 11) is 0. The molecule has 0 aromatic heterocycles. The maximum Gasteiger partial charge on any atom is 0.167 e. The Morgan fingerprint density at radius 1 is 0.957 bits per heavy atom. The van der Waals surface area contributed by atoms with Crippen molar-refractivity contribution in [1.82, 2.24) is 4.90 Å². The second kappa shape index (κ2) is 7.53. The fourth-order valence-corrected chi connectivity index (χ4v) is 3.33. The lowest BCUT2D eigenvalue weighted by atomic mass is 9.86. The van der Waals surface area contributed by atoms with E-state index in [2.05, 4.69) is 17.0 Å². The molecule has 1 saturated heterocycles. The van der Waals surface area contributed by atoms with Crippen LogP contribution in [0.5, 0.6) is 0 Å². The third-order valence-corrected chi connectivity index (χ3v) is 4.53. The number of carbonyl (C=O) groups is 1. The Kier molecular flexibility index (Phi) is 5.21. The van der Waals surface area contributed by atoms with E-state index in [1.807, 2.05) is 55.5 Å². The van der Waals surface area contributed by atoms with Gasteiger partial charge in [-0.25, -0.2) is 0 Å². The van der Waals surface area contributed by atoms with Crippen molar-refractivity contribution >= 4 is 5.78 Å². The molecule has 2 aromatic carbocycles. The summed E-state index contributed by atoms with van der Waals surface area (Å²) in [6.45, 7) is 5.24. The average molecular weight is 309 g/mol. The number of benzene rings is 2. The molecule has 2 aromatic rings. The second-order valence-electron chi connectivity index (χ2n) is 6.02. The molecule has 3 nitrogen and oxygen atoms in total. The van der Waals surface area contributed by atoms with E-state index >= 15 is 0 Å². The highest BCUT2D eigenvalue weighted by atomic mass is 16.5. The number of hydrogen-bond donors (Lipinski definition) is 0. The Labute approximate surface area is 137 Å². The van der Waals surface area contributed by atoms with E-state index in [1.165, 1.54) is 5.56 Å². The average Bonchev–Trinajstić information content (AvgIpc) is 2.64. The number of nitrogens with zero attached hydrogens (tertiary/aromatic N) is 1. The van der Waals surface area contributed by atoms with Crippen LogP contribution in [0.25, 0.3) is 0 Å². The Morgan fingerprint density at radius 2 is 1.52 bits per heavy atom. The van der Waals surface area contributed by atoms with Crippen LogP contribution in [0.1, 0.15) is 28.9 Å². The van der Waals surface area contributed by atoms with E-state index in [9.17, 15) is 4.79 Å². The van der Waals surface area contributed by atoms with Crippen LogP contribution in [0.4, 0.5) is 0 Å². The summed E-state index contributed by atoms with van der Waals surface area (Å²) in [6, 6.07) is 20.0. The molecule has 0 saturated carbocycles. The summed E-state index contributed by atoms with van der Waals surface area (Å²) < 4.78 is 5.48. The monoisotopic (exact) mass is 309 g/mol. The highest BCUT2D eigenvalue weighted by Gasteiger charge is 2.32. The molecular weight excluding hydrogens is 286 g/mol. The maximum atomic E-state index is 12.9. The van der Waals surface area contributed by atoms with Gasteiger partial charge in [0.25, 0.3) is 0 Å². The fourth-order valence-electron chi connectivity index (χ4n) is 3.33. The summed E-state index contributed by atoms with van der Waals surface area (Å²) in [5.74, 6) is 0.101.